The molecule has 2 nitrogen and oxygen atoms in total. The van der Waals surface area contributed by atoms with E-state index in [2.05, 4.69) is 155 Å². The maximum absolute atomic E-state index is 4.68. The standard InChI is InChI=1S/C41H26N2S2/c1-2-8-27(9-3-1)28-15-20-31(21-16-28)43(36-12-6-11-34-33-10-4-5-13-37(33)45-41(34)36)32-22-17-29(18-23-32)30-19-24-38-35(26-30)40-39(44-38)14-7-25-42-40/h1-26H. The molecule has 9 rings (SSSR count). The van der Waals surface area contributed by atoms with Crippen LogP contribution >= 0.6 is 22.7 Å². The van der Waals surface area contributed by atoms with Gasteiger partial charge in [0.05, 0.1) is 20.6 Å². The fourth-order valence-corrected chi connectivity index (χ4v) is 8.60. The summed E-state index contributed by atoms with van der Waals surface area (Å²) in [5.74, 6) is 0. The summed E-state index contributed by atoms with van der Waals surface area (Å²) in [5.41, 5.74) is 9.34. The van der Waals surface area contributed by atoms with Crippen LogP contribution in [0.15, 0.2) is 158 Å². The number of fused-ring (bicyclic) bond motifs is 6. The lowest BCUT2D eigenvalue weighted by Gasteiger charge is -2.26. The first kappa shape index (κ1) is 26.1. The maximum atomic E-state index is 4.68. The molecule has 0 atom stereocenters. The fourth-order valence-electron chi connectivity index (χ4n) is 6.35. The van der Waals surface area contributed by atoms with Gasteiger partial charge in [-0.1, -0.05) is 91.0 Å². The van der Waals surface area contributed by atoms with E-state index in [0.717, 1.165) is 16.9 Å². The van der Waals surface area contributed by atoms with E-state index in [1.807, 2.05) is 23.6 Å². The molecule has 9 aromatic rings. The highest BCUT2D eigenvalue weighted by atomic mass is 32.1. The first-order chi connectivity index (χ1) is 22.3. The van der Waals surface area contributed by atoms with E-state index in [0.29, 0.717) is 0 Å². The van der Waals surface area contributed by atoms with Gasteiger partial charge in [0, 0.05) is 43.1 Å². The number of pyridine rings is 1. The van der Waals surface area contributed by atoms with Gasteiger partial charge in [-0.15, -0.1) is 22.7 Å². The van der Waals surface area contributed by atoms with Crippen LogP contribution in [0.1, 0.15) is 0 Å². The molecular weight excluding hydrogens is 585 g/mol. The fraction of sp³-hybridized carbons (Fsp3) is 0. The van der Waals surface area contributed by atoms with E-state index in [1.54, 1.807) is 11.3 Å². The zero-order valence-electron chi connectivity index (χ0n) is 24.2. The molecule has 0 saturated carbocycles. The van der Waals surface area contributed by atoms with Gasteiger partial charge >= 0.3 is 0 Å². The molecule has 45 heavy (non-hydrogen) atoms. The van der Waals surface area contributed by atoms with Crippen molar-refractivity contribution < 1.29 is 0 Å². The second-order valence-corrected chi connectivity index (χ2v) is 13.3. The molecule has 0 unspecified atom stereocenters. The molecule has 0 aliphatic rings. The number of thiophene rings is 2. The molecule has 0 bridgehead atoms. The number of rotatable bonds is 5. The lowest BCUT2D eigenvalue weighted by molar-refractivity contribution is 1.30. The molecule has 212 valence electrons. The van der Waals surface area contributed by atoms with Crippen molar-refractivity contribution in [3.63, 3.8) is 0 Å². The Labute approximate surface area is 269 Å². The second-order valence-electron chi connectivity index (χ2n) is 11.2. The molecule has 0 fully saturated rings. The predicted octanol–water partition coefficient (Wildman–Crippen LogP) is 12.6. The SMILES string of the molecule is c1ccc(-c2ccc(N(c3ccc(-c4ccc5sc6cccnc6c5c4)cc3)c3cccc4c3sc3ccccc34)cc2)cc1. The smallest absolute Gasteiger partial charge is 0.0888 e. The van der Waals surface area contributed by atoms with E-state index in [-0.39, 0.29) is 0 Å². The van der Waals surface area contributed by atoms with Gasteiger partial charge in [-0.05, 0) is 82.9 Å². The molecule has 3 aromatic heterocycles. The van der Waals surface area contributed by atoms with Crippen molar-refractivity contribution in [2.75, 3.05) is 4.90 Å². The largest absolute Gasteiger partial charge is 0.309 e. The Morgan fingerprint density at radius 1 is 0.422 bits per heavy atom. The summed E-state index contributed by atoms with van der Waals surface area (Å²) in [6.07, 6.45) is 1.88. The van der Waals surface area contributed by atoms with E-state index < -0.39 is 0 Å². The van der Waals surface area contributed by atoms with Gasteiger partial charge in [0.25, 0.3) is 0 Å². The summed E-state index contributed by atoms with van der Waals surface area (Å²) in [5, 5.41) is 3.81. The van der Waals surface area contributed by atoms with Crippen LogP contribution in [0.4, 0.5) is 17.1 Å². The van der Waals surface area contributed by atoms with Crippen molar-refractivity contribution in [3.8, 4) is 22.3 Å². The molecule has 0 N–H and O–H groups in total. The molecular formula is C41H26N2S2. The van der Waals surface area contributed by atoms with E-state index in [1.165, 1.54) is 62.9 Å². The summed E-state index contributed by atoms with van der Waals surface area (Å²) in [7, 11) is 0. The third-order valence-electron chi connectivity index (χ3n) is 8.54. The molecule has 0 spiro atoms. The Morgan fingerprint density at radius 2 is 1.04 bits per heavy atom. The quantitative estimate of drug-likeness (QED) is 0.193. The molecule has 0 radical (unpaired) electrons. The zero-order chi connectivity index (χ0) is 29.7. The van der Waals surface area contributed by atoms with Crippen molar-refractivity contribution in [3.05, 3.63) is 158 Å². The van der Waals surface area contributed by atoms with Crippen molar-refractivity contribution in [2.24, 2.45) is 0 Å². The van der Waals surface area contributed by atoms with Gasteiger partial charge in [-0.25, -0.2) is 0 Å². The predicted molar refractivity (Wildman–Crippen MR) is 196 cm³/mol. The normalized spacial score (nSPS) is 11.6. The minimum atomic E-state index is 1.08. The van der Waals surface area contributed by atoms with Crippen molar-refractivity contribution in [2.45, 2.75) is 0 Å². The number of nitrogens with zero attached hydrogens (tertiary/aromatic N) is 2. The van der Waals surface area contributed by atoms with Crippen molar-refractivity contribution in [1.29, 1.82) is 0 Å². The van der Waals surface area contributed by atoms with Crippen molar-refractivity contribution >= 4 is 80.2 Å². The highest BCUT2D eigenvalue weighted by Gasteiger charge is 2.18. The van der Waals surface area contributed by atoms with Crippen LogP contribution in [0.3, 0.4) is 0 Å². The van der Waals surface area contributed by atoms with Crippen molar-refractivity contribution in [1.82, 2.24) is 4.98 Å². The molecule has 0 saturated heterocycles. The molecule has 0 aliphatic heterocycles. The Hall–Kier alpha value is -5.29. The lowest BCUT2D eigenvalue weighted by Crippen LogP contribution is -2.10. The van der Waals surface area contributed by atoms with Gasteiger partial charge in [0.2, 0.25) is 0 Å². The summed E-state index contributed by atoms with van der Waals surface area (Å²) in [4.78, 5) is 7.08. The summed E-state index contributed by atoms with van der Waals surface area (Å²) >= 11 is 3.66. The van der Waals surface area contributed by atoms with Gasteiger partial charge in [-0.3, -0.25) is 4.98 Å². The monoisotopic (exact) mass is 610 g/mol. The van der Waals surface area contributed by atoms with E-state index in [4.69, 9.17) is 0 Å². The highest BCUT2D eigenvalue weighted by Crippen LogP contribution is 2.45. The number of hydrogen-bond acceptors (Lipinski definition) is 4. The van der Waals surface area contributed by atoms with E-state index in [9.17, 15) is 0 Å². The van der Waals surface area contributed by atoms with Crippen LogP contribution in [0.5, 0.6) is 0 Å². The Balaban J connectivity index is 1.17. The van der Waals surface area contributed by atoms with Crippen LogP contribution in [0.25, 0.3) is 62.7 Å². The Morgan fingerprint density at radius 3 is 1.84 bits per heavy atom. The van der Waals surface area contributed by atoms with Crippen LogP contribution in [0.2, 0.25) is 0 Å². The lowest BCUT2D eigenvalue weighted by atomic mass is 10.0. The van der Waals surface area contributed by atoms with Crippen LogP contribution in [-0.4, -0.2) is 4.98 Å². The first-order valence-electron chi connectivity index (χ1n) is 15.0. The molecule has 0 amide bonds. The molecule has 3 heterocycles. The molecule has 4 heteroatoms. The minimum Gasteiger partial charge on any atom is -0.309 e. The summed E-state index contributed by atoms with van der Waals surface area (Å²) in [6, 6.07) is 54.8. The van der Waals surface area contributed by atoms with Gasteiger partial charge in [0.15, 0.2) is 0 Å². The average Bonchev–Trinajstić information content (AvgIpc) is 3.68. The maximum Gasteiger partial charge on any atom is 0.0888 e. The summed E-state index contributed by atoms with van der Waals surface area (Å²) < 4.78 is 5.09. The average molecular weight is 611 g/mol. The Bertz CT molecular complexity index is 2470. The van der Waals surface area contributed by atoms with Gasteiger partial charge in [-0.2, -0.15) is 0 Å². The number of anilines is 3. The van der Waals surface area contributed by atoms with Crippen LogP contribution in [-0.2, 0) is 0 Å². The second kappa shape index (κ2) is 10.7. The van der Waals surface area contributed by atoms with Crippen LogP contribution < -0.4 is 4.90 Å². The third kappa shape index (κ3) is 4.50. The topological polar surface area (TPSA) is 16.1 Å². The van der Waals surface area contributed by atoms with Gasteiger partial charge < -0.3 is 4.90 Å². The van der Waals surface area contributed by atoms with E-state index >= 15 is 0 Å². The number of hydrogen-bond donors (Lipinski definition) is 0. The minimum absolute atomic E-state index is 1.08. The first-order valence-corrected chi connectivity index (χ1v) is 16.7. The third-order valence-corrected chi connectivity index (χ3v) is 10.9. The molecule has 6 aromatic carbocycles. The Kier molecular flexibility index (Phi) is 6.22. The number of aromatic nitrogens is 1. The summed E-state index contributed by atoms with van der Waals surface area (Å²) in [6.45, 7) is 0. The highest BCUT2D eigenvalue weighted by molar-refractivity contribution is 7.26. The van der Waals surface area contributed by atoms with Gasteiger partial charge in [0.1, 0.15) is 0 Å². The zero-order valence-corrected chi connectivity index (χ0v) is 25.9. The number of benzene rings is 6. The van der Waals surface area contributed by atoms with Crippen LogP contribution in [0, 0.1) is 0 Å². The molecule has 0 aliphatic carbocycles.